The first kappa shape index (κ1) is 13.8. The molecule has 2 aromatic rings. The van der Waals surface area contributed by atoms with Crippen LogP contribution in [0.4, 0.5) is 5.69 Å². The molecule has 0 bridgehead atoms. The lowest BCUT2D eigenvalue weighted by molar-refractivity contribution is 0.100. The molecule has 3 rings (SSSR count). The number of benzene rings is 1. The fourth-order valence-corrected chi connectivity index (χ4v) is 2.88. The third-order valence-electron chi connectivity index (χ3n) is 3.15. The molecule has 1 aromatic carbocycles. The van der Waals surface area contributed by atoms with Crippen LogP contribution in [0.3, 0.4) is 0 Å². The molecule has 1 aliphatic heterocycles. The van der Waals surface area contributed by atoms with E-state index in [1.165, 1.54) is 11.3 Å². The highest BCUT2D eigenvalue weighted by molar-refractivity contribution is 7.10. The lowest BCUT2D eigenvalue weighted by Crippen LogP contribution is -2.09. The van der Waals surface area contributed by atoms with Gasteiger partial charge in [-0.1, -0.05) is 0 Å². The van der Waals surface area contributed by atoms with Crippen LogP contribution in [0.2, 0.25) is 0 Å². The van der Waals surface area contributed by atoms with Crippen LogP contribution in [-0.2, 0) is 6.54 Å². The number of anilines is 1. The minimum Gasteiger partial charge on any atom is -0.490 e. The van der Waals surface area contributed by atoms with Crippen molar-refractivity contribution in [3.05, 3.63) is 40.1 Å². The molecule has 5 nitrogen and oxygen atoms in total. The summed E-state index contributed by atoms with van der Waals surface area (Å²) >= 11 is 1.51. The number of amides is 1. The van der Waals surface area contributed by atoms with E-state index in [0.717, 1.165) is 28.5 Å². The number of fused-ring (bicyclic) bond motifs is 1. The number of hydrogen-bond acceptors (Lipinski definition) is 5. The first-order valence-corrected chi connectivity index (χ1v) is 7.61. The summed E-state index contributed by atoms with van der Waals surface area (Å²) in [5, 5.41) is 5.08. The maximum absolute atomic E-state index is 11.1. The van der Waals surface area contributed by atoms with Gasteiger partial charge in [0.1, 0.15) is 0 Å². The van der Waals surface area contributed by atoms with Crippen LogP contribution in [0.1, 0.15) is 21.7 Å². The lowest BCUT2D eigenvalue weighted by atomic mass is 10.2. The van der Waals surface area contributed by atoms with E-state index in [1.807, 2.05) is 24.3 Å². The summed E-state index contributed by atoms with van der Waals surface area (Å²) < 4.78 is 11.2. The minimum atomic E-state index is -0.395. The molecular formula is C15H16N2O3S. The highest BCUT2D eigenvalue weighted by atomic mass is 32.1. The van der Waals surface area contributed by atoms with Gasteiger partial charge < -0.3 is 20.5 Å². The van der Waals surface area contributed by atoms with Crippen LogP contribution < -0.4 is 20.5 Å². The third-order valence-corrected chi connectivity index (χ3v) is 4.09. The Labute approximate surface area is 126 Å². The number of carbonyl (C=O) groups excluding carboxylic acids is 1. The predicted molar refractivity (Wildman–Crippen MR) is 82.2 cm³/mol. The molecule has 2 heterocycles. The summed E-state index contributed by atoms with van der Waals surface area (Å²) in [6.07, 6.45) is 0.891. The normalized spacial score (nSPS) is 13.5. The van der Waals surface area contributed by atoms with E-state index in [4.69, 9.17) is 15.2 Å². The van der Waals surface area contributed by atoms with Crippen molar-refractivity contribution in [3.8, 4) is 11.5 Å². The molecule has 1 aromatic heterocycles. The molecule has 1 aliphatic rings. The number of primary amides is 1. The van der Waals surface area contributed by atoms with Crippen LogP contribution in [0.15, 0.2) is 29.6 Å². The summed E-state index contributed by atoms with van der Waals surface area (Å²) in [4.78, 5) is 12.1. The summed E-state index contributed by atoms with van der Waals surface area (Å²) in [5.41, 5.74) is 6.75. The van der Waals surface area contributed by atoms with Crippen molar-refractivity contribution in [2.75, 3.05) is 18.5 Å². The van der Waals surface area contributed by atoms with Gasteiger partial charge in [-0.3, -0.25) is 4.79 Å². The van der Waals surface area contributed by atoms with E-state index in [2.05, 4.69) is 5.32 Å². The Bertz CT molecular complexity index is 654. The molecule has 0 radical (unpaired) electrons. The van der Waals surface area contributed by atoms with Gasteiger partial charge >= 0.3 is 0 Å². The SMILES string of the molecule is NC(=O)c1csc(CNc2ccc3c(c2)OCCCO3)c1. The van der Waals surface area contributed by atoms with Crippen molar-refractivity contribution in [2.45, 2.75) is 13.0 Å². The Kier molecular flexibility index (Phi) is 3.96. The zero-order valence-corrected chi connectivity index (χ0v) is 12.2. The maximum atomic E-state index is 11.1. The Balaban J connectivity index is 1.67. The number of nitrogens with two attached hydrogens (primary N) is 1. The van der Waals surface area contributed by atoms with Crippen LogP contribution >= 0.6 is 11.3 Å². The van der Waals surface area contributed by atoms with Gasteiger partial charge in [0.15, 0.2) is 11.5 Å². The second kappa shape index (κ2) is 6.05. The summed E-state index contributed by atoms with van der Waals surface area (Å²) in [7, 11) is 0. The van der Waals surface area contributed by atoms with Crippen molar-refractivity contribution >= 4 is 22.9 Å². The lowest BCUT2D eigenvalue weighted by Gasteiger charge is -2.10. The molecule has 0 atom stereocenters. The summed E-state index contributed by atoms with van der Waals surface area (Å²) in [5.74, 6) is 1.15. The average molecular weight is 304 g/mol. The van der Waals surface area contributed by atoms with Gasteiger partial charge in [-0.2, -0.15) is 0 Å². The van der Waals surface area contributed by atoms with Crippen molar-refractivity contribution in [1.82, 2.24) is 0 Å². The Hall–Kier alpha value is -2.21. The number of nitrogens with one attached hydrogen (secondary N) is 1. The number of thiophene rings is 1. The molecular weight excluding hydrogens is 288 g/mol. The second-order valence-electron chi connectivity index (χ2n) is 4.73. The average Bonchev–Trinajstić information content (AvgIpc) is 2.84. The molecule has 21 heavy (non-hydrogen) atoms. The number of hydrogen-bond donors (Lipinski definition) is 2. The molecule has 1 amide bonds. The van der Waals surface area contributed by atoms with Crippen molar-refractivity contribution < 1.29 is 14.3 Å². The van der Waals surface area contributed by atoms with Gasteiger partial charge in [-0.25, -0.2) is 0 Å². The van der Waals surface area contributed by atoms with Gasteiger partial charge in [0.05, 0.1) is 18.8 Å². The summed E-state index contributed by atoms with van der Waals surface area (Å²) in [6, 6.07) is 7.61. The van der Waals surface area contributed by atoms with Gasteiger partial charge in [0, 0.05) is 35.0 Å². The largest absolute Gasteiger partial charge is 0.490 e. The van der Waals surface area contributed by atoms with E-state index in [-0.39, 0.29) is 0 Å². The molecule has 6 heteroatoms. The highest BCUT2D eigenvalue weighted by Crippen LogP contribution is 2.32. The predicted octanol–water partition coefficient (Wildman–Crippen LogP) is 2.62. The fourth-order valence-electron chi connectivity index (χ4n) is 2.06. The standard InChI is InChI=1S/C15H16N2O3S/c16-15(18)10-6-12(21-9-10)8-17-11-2-3-13-14(7-11)20-5-1-4-19-13/h2-3,6-7,9,17H,1,4-5,8H2,(H2,16,18). The smallest absolute Gasteiger partial charge is 0.249 e. The molecule has 0 aliphatic carbocycles. The first-order valence-electron chi connectivity index (χ1n) is 6.73. The Morgan fingerprint density at radius 3 is 2.81 bits per heavy atom. The molecule has 0 fully saturated rings. The van der Waals surface area contributed by atoms with E-state index < -0.39 is 5.91 Å². The van der Waals surface area contributed by atoms with Crippen molar-refractivity contribution in [1.29, 1.82) is 0 Å². The van der Waals surface area contributed by atoms with Crippen LogP contribution in [-0.4, -0.2) is 19.1 Å². The number of ether oxygens (including phenoxy) is 2. The third kappa shape index (κ3) is 3.28. The Morgan fingerprint density at radius 2 is 2.05 bits per heavy atom. The van der Waals surface area contributed by atoms with E-state index in [1.54, 1.807) is 5.38 Å². The van der Waals surface area contributed by atoms with Gasteiger partial charge in [0.2, 0.25) is 5.91 Å². The van der Waals surface area contributed by atoms with Crippen LogP contribution in [0.25, 0.3) is 0 Å². The maximum Gasteiger partial charge on any atom is 0.249 e. The van der Waals surface area contributed by atoms with E-state index in [9.17, 15) is 4.79 Å². The van der Waals surface area contributed by atoms with Crippen LogP contribution in [0, 0.1) is 0 Å². The van der Waals surface area contributed by atoms with Gasteiger partial charge in [0.25, 0.3) is 0 Å². The topological polar surface area (TPSA) is 73.6 Å². The van der Waals surface area contributed by atoms with Gasteiger partial charge in [-0.15, -0.1) is 11.3 Å². The molecule has 0 spiro atoms. The van der Waals surface area contributed by atoms with Crippen molar-refractivity contribution in [3.63, 3.8) is 0 Å². The van der Waals surface area contributed by atoms with Crippen LogP contribution in [0.5, 0.6) is 11.5 Å². The number of carbonyl (C=O) groups is 1. The van der Waals surface area contributed by atoms with Gasteiger partial charge in [-0.05, 0) is 18.2 Å². The molecule has 0 saturated carbocycles. The molecule has 3 N–H and O–H groups in total. The van der Waals surface area contributed by atoms with E-state index in [0.29, 0.717) is 25.3 Å². The molecule has 110 valence electrons. The second-order valence-corrected chi connectivity index (χ2v) is 5.73. The zero-order chi connectivity index (χ0) is 14.7. The molecule has 0 unspecified atom stereocenters. The number of rotatable bonds is 4. The van der Waals surface area contributed by atoms with E-state index >= 15 is 0 Å². The quantitative estimate of drug-likeness (QED) is 0.910. The first-order chi connectivity index (χ1) is 10.2. The fraction of sp³-hybridized carbons (Fsp3) is 0.267. The monoisotopic (exact) mass is 304 g/mol. The zero-order valence-electron chi connectivity index (χ0n) is 11.4. The van der Waals surface area contributed by atoms with Crippen molar-refractivity contribution in [2.24, 2.45) is 5.73 Å². The minimum absolute atomic E-state index is 0.395. The Morgan fingerprint density at radius 1 is 1.24 bits per heavy atom. The highest BCUT2D eigenvalue weighted by Gasteiger charge is 2.11. The summed E-state index contributed by atoms with van der Waals surface area (Å²) in [6.45, 7) is 1.99. The molecule has 0 saturated heterocycles.